The summed E-state index contributed by atoms with van der Waals surface area (Å²) in [7, 11) is 0. The van der Waals surface area contributed by atoms with Gasteiger partial charge in [0.15, 0.2) is 12.4 Å². The molecule has 0 saturated carbocycles. The molecule has 0 radical (unpaired) electrons. The minimum Gasteiger partial charge on any atom is -0.454 e. The van der Waals surface area contributed by atoms with E-state index < -0.39 is 33.8 Å². The first-order valence-corrected chi connectivity index (χ1v) is 10.9. The van der Waals surface area contributed by atoms with Crippen LogP contribution in [0.4, 0.5) is 11.4 Å². The minimum absolute atomic E-state index is 0.0503. The topological polar surface area (TPSA) is 139 Å². The molecule has 4 rings (SSSR count). The molecule has 0 heterocycles. The van der Waals surface area contributed by atoms with Crippen molar-refractivity contribution in [2.45, 2.75) is 0 Å². The maximum Gasteiger partial charge on any atom is 0.338 e. The first-order chi connectivity index (χ1) is 17.8. The van der Waals surface area contributed by atoms with Gasteiger partial charge in [0.25, 0.3) is 5.69 Å². The summed E-state index contributed by atoms with van der Waals surface area (Å²) in [6.07, 6.45) is 0. The summed E-state index contributed by atoms with van der Waals surface area (Å²) in [5.74, 6) is -1.36. The maximum absolute atomic E-state index is 12.5. The van der Waals surface area contributed by atoms with Crippen molar-refractivity contribution in [1.29, 1.82) is 0 Å². The van der Waals surface area contributed by atoms with Gasteiger partial charge in [0.1, 0.15) is 5.75 Å². The highest BCUT2D eigenvalue weighted by molar-refractivity contribution is 5.99. The van der Waals surface area contributed by atoms with Crippen molar-refractivity contribution >= 4 is 23.1 Å². The molecule has 0 saturated heterocycles. The molecule has 0 N–H and O–H groups in total. The number of carbonyl (C=O) groups is 2. The fourth-order valence-electron chi connectivity index (χ4n) is 3.44. The lowest BCUT2D eigenvalue weighted by Gasteiger charge is -2.09. The fourth-order valence-corrected chi connectivity index (χ4v) is 3.44. The smallest absolute Gasteiger partial charge is 0.338 e. The zero-order valence-electron chi connectivity index (χ0n) is 19.1. The average Bonchev–Trinajstić information content (AvgIpc) is 2.92. The fraction of sp³-hybridized carbons (Fsp3) is 0.0370. The van der Waals surface area contributed by atoms with Crippen LogP contribution < -0.4 is 4.74 Å². The number of benzene rings is 4. The van der Waals surface area contributed by atoms with Crippen LogP contribution in [0.5, 0.6) is 11.5 Å². The number of non-ortho nitro benzene ring substituents is 1. The van der Waals surface area contributed by atoms with Crippen molar-refractivity contribution in [1.82, 2.24) is 0 Å². The summed E-state index contributed by atoms with van der Waals surface area (Å²) in [5, 5.41) is 22.2. The van der Waals surface area contributed by atoms with Gasteiger partial charge in [-0.05, 0) is 35.4 Å². The molecule has 0 unspecified atom stereocenters. The lowest BCUT2D eigenvalue weighted by Crippen LogP contribution is -2.14. The number of Topliss-reactive ketones (excluding diaryl/α,β-unsaturated/α-hetero) is 1. The summed E-state index contributed by atoms with van der Waals surface area (Å²) in [6.45, 7) is -0.484. The number of hydrogen-bond acceptors (Lipinski definition) is 8. The van der Waals surface area contributed by atoms with E-state index in [1.54, 1.807) is 12.1 Å². The van der Waals surface area contributed by atoms with Crippen LogP contribution in [-0.4, -0.2) is 28.2 Å². The summed E-state index contributed by atoms with van der Waals surface area (Å²) in [4.78, 5) is 45.7. The Hall–Kier alpha value is -5.38. The van der Waals surface area contributed by atoms with Gasteiger partial charge < -0.3 is 9.47 Å². The molecule has 37 heavy (non-hydrogen) atoms. The number of ketones is 1. The molecule has 0 atom stereocenters. The third kappa shape index (κ3) is 6.01. The van der Waals surface area contributed by atoms with E-state index in [9.17, 15) is 29.8 Å². The Labute approximate surface area is 210 Å². The van der Waals surface area contributed by atoms with Gasteiger partial charge >= 0.3 is 11.7 Å². The van der Waals surface area contributed by atoms with Crippen molar-refractivity contribution in [2.24, 2.45) is 0 Å². The van der Waals surface area contributed by atoms with Gasteiger partial charge in [-0.2, -0.15) is 0 Å². The maximum atomic E-state index is 12.5. The number of esters is 1. The van der Waals surface area contributed by atoms with Gasteiger partial charge in [0.2, 0.25) is 5.75 Å². The summed E-state index contributed by atoms with van der Waals surface area (Å²) in [6, 6.07) is 25.2. The Balaban J connectivity index is 1.41. The zero-order valence-corrected chi connectivity index (χ0v) is 19.1. The van der Waals surface area contributed by atoms with Gasteiger partial charge in [0, 0.05) is 11.6 Å². The number of carbonyl (C=O) groups excluding carboxylic acids is 2. The number of nitro groups is 2. The van der Waals surface area contributed by atoms with Crippen molar-refractivity contribution < 1.29 is 28.9 Å². The molecule has 4 aromatic rings. The van der Waals surface area contributed by atoms with Crippen molar-refractivity contribution in [3.8, 4) is 22.6 Å². The van der Waals surface area contributed by atoms with E-state index in [-0.39, 0.29) is 22.8 Å². The van der Waals surface area contributed by atoms with Crippen LogP contribution in [0, 0.1) is 20.2 Å². The predicted octanol–water partition coefficient (Wildman–Crippen LogP) is 6.00. The largest absolute Gasteiger partial charge is 0.454 e. The van der Waals surface area contributed by atoms with E-state index in [2.05, 4.69) is 0 Å². The number of ether oxygens (including phenoxy) is 2. The first-order valence-electron chi connectivity index (χ1n) is 10.9. The van der Waals surface area contributed by atoms with E-state index in [0.717, 1.165) is 29.3 Å². The lowest BCUT2D eigenvalue weighted by molar-refractivity contribution is -0.394. The lowest BCUT2D eigenvalue weighted by atomic mass is 10.0. The van der Waals surface area contributed by atoms with E-state index >= 15 is 0 Å². The highest BCUT2D eigenvalue weighted by Gasteiger charge is 2.21. The normalized spacial score (nSPS) is 10.4. The zero-order chi connectivity index (χ0) is 26.4. The third-order valence-electron chi connectivity index (χ3n) is 5.30. The van der Waals surface area contributed by atoms with Crippen molar-refractivity contribution in [3.63, 3.8) is 0 Å². The Morgan fingerprint density at radius 1 is 0.703 bits per heavy atom. The number of rotatable bonds is 9. The summed E-state index contributed by atoms with van der Waals surface area (Å²) < 4.78 is 10.6. The van der Waals surface area contributed by atoms with Crippen LogP contribution >= 0.6 is 0 Å². The van der Waals surface area contributed by atoms with Crippen LogP contribution in [0.1, 0.15) is 20.7 Å². The molecule has 0 amide bonds. The first kappa shape index (κ1) is 24.7. The quantitative estimate of drug-likeness (QED) is 0.118. The molecular formula is C27H18N2O8. The van der Waals surface area contributed by atoms with E-state index in [1.807, 2.05) is 42.5 Å². The molecule has 0 spiro atoms. The standard InChI is InChI=1S/C27H18N2O8/c30-25(20-11-9-19(10-12-20)18-5-2-1-3-6-18)17-36-27(31)21-7-4-8-23(15-21)37-26-14-13-22(28(32)33)16-24(26)29(34)35/h1-16H,17H2. The Morgan fingerprint density at radius 2 is 1.41 bits per heavy atom. The Morgan fingerprint density at radius 3 is 2.08 bits per heavy atom. The van der Waals surface area contributed by atoms with Crippen LogP contribution in [0.25, 0.3) is 11.1 Å². The molecule has 0 bridgehead atoms. The molecule has 10 heteroatoms. The van der Waals surface area contributed by atoms with Gasteiger partial charge in [-0.3, -0.25) is 25.0 Å². The monoisotopic (exact) mass is 498 g/mol. The minimum atomic E-state index is -0.807. The second-order valence-corrected chi connectivity index (χ2v) is 7.74. The number of nitro benzene ring substituents is 2. The highest BCUT2D eigenvalue weighted by Crippen LogP contribution is 2.34. The van der Waals surface area contributed by atoms with Crippen LogP contribution in [0.15, 0.2) is 97.1 Å². The van der Waals surface area contributed by atoms with Crippen LogP contribution in [0.2, 0.25) is 0 Å². The molecule has 0 aliphatic heterocycles. The second-order valence-electron chi connectivity index (χ2n) is 7.74. The Bertz CT molecular complexity index is 1480. The van der Waals surface area contributed by atoms with E-state index in [0.29, 0.717) is 5.56 Å². The predicted molar refractivity (Wildman–Crippen MR) is 133 cm³/mol. The summed E-state index contributed by atoms with van der Waals surface area (Å²) in [5.41, 5.74) is 1.32. The van der Waals surface area contributed by atoms with Gasteiger partial charge in [-0.25, -0.2) is 4.79 Å². The molecule has 0 fully saturated rings. The molecule has 4 aromatic carbocycles. The molecule has 0 aliphatic rings. The summed E-state index contributed by atoms with van der Waals surface area (Å²) >= 11 is 0. The van der Waals surface area contributed by atoms with Gasteiger partial charge in [0.05, 0.1) is 21.5 Å². The van der Waals surface area contributed by atoms with Crippen LogP contribution in [-0.2, 0) is 4.74 Å². The Kier molecular flexibility index (Phi) is 7.29. The number of hydrogen-bond donors (Lipinski definition) is 0. The van der Waals surface area contributed by atoms with Gasteiger partial charge in [-0.1, -0.05) is 60.7 Å². The third-order valence-corrected chi connectivity index (χ3v) is 5.30. The van der Waals surface area contributed by atoms with Gasteiger partial charge in [-0.15, -0.1) is 0 Å². The molecular weight excluding hydrogens is 480 g/mol. The van der Waals surface area contributed by atoms with E-state index in [1.165, 1.54) is 24.3 Å². The molecule has 184 valence electrons. The van der Waals surface area contributed by atoms with Crippen molar-refractivity contribution in [3.05, 3.63) is 128 Å². The van der Waals surface area contributed by atoms with Crippen LogP contribution in [0.3, 0.4) is 0 Å². The SMILES string of the molecule is O=C(COC(=O)c1cccc(Oc2ccc([N+](=O)[O-])cc2[N+](=O)[O-])c1)c1ccc(-c2ccccc2)cc1. The average molecular weight is 498 g/mol. The molecule has 0 aromatic heterocycles. The molecule has 10 nitrogen and oxygen atoms in total. The number of nitrogens with zero attached hydrogens (tertiary/aromatic N) is 2. The highest BCUT2D eigenvalue weighted by atomic mass is 16.6. The molecule has 0 aliphatic carbocycles. The van der Waals surface area contributed by atoms with Crippen molar-refractivity contribution in [2.75, 3.05) is 6.61 Å². The second kappa shape index (κ2) is 10.9. The van der Waals surface area contributed by atoms with E-state index in [4.69, 9.17) is 9.47 Å².